The highest BCUT2D eigenvalue weighted by molar-refractivity contribution is 5.95. The van der Waals surface area contributed by atoms with Crippen LogP contribution < -0.4 is 10.1 Å². The summed E-state index contributed by atoms with van der Waals surface area (Å²) >= 11 is 0. The summed E-state index contributed by atoms with van der Waals surface area (Å²) in [4.78, 5) is 17.5. The number of ether oxygens (including phenoxy) is 1. The average Bonchev–Trinajstić information content (AvgIpc) is 2.58. The van der Waals surface area contributed by atoms with Crippen molar-refractivity contribution in [2.75, 3.05) is 5.32 Å². The van der Waals surface area contributed by atoms with Gasteiger partial charge in [0.25, 0.3) is 5.91 Å². The van der Waals surface area contributed by atoms with Gasteiger partial charge >= 0.3 is 6.61 Å². The number of nitrogens with one attached hydrogen (secondary N) is 1. The van der Waals surface area contributed by atoms with E-state index >= 15 is 0 Å². The van der Waals surface area contributed by atoms with Crippen LogP contribution in [0, 0.1) is 20.8 Å². The third-order valence-electron chi connectivity index (χ3n) is 3.84. The molecule has 144 valence electrons. The molecule has 0 fully saturated rings. The molecule has 1 unspecified atom stereocenters. The van der Waals surface area contributed by atoms with E-state index in [4.69, 9.17) is 4.84 Å². The number of oxime groups is 1. The number of rotatable bonds is 7. The maximum absolute atomic E-state index is 12.4. The van der Waals surface area contributed by atoms with Gasteiger partial charge in [0, 0.05) is 11.3 Å². The molecule has 0 spiro atoms. The Hall–Kier alpha value is -2.96. The summed E-state index contributed by atoms with van der Waals surface area (Å²) in [6.45, 7) is 4.43. The molecule has 1 N–H and O–H groups in total. The first-order chi connectivity index (χ1) is 12.8. The molecule has 0 aromatic heterocycles. The average molecular weight is 376 g/mol. The normalized spacial score (nSPS) is 12.3. The molecule has 1 atom stereocenters. The van der Waals surface area contributed by atoms with Crippen LogP contribution in [0.15, 0.2) is 41.6 Å². The zero-order valence-electron chi connectivity index (χ0n) is 15.6. The molecular formula is C20H22F2N2O3. The van der Waals surface area contributed by atoms with Crippen molar-refractivity contribution in [3.8, 4) is 5.75 Å². The second kappa shape index (κ2) is 9.12. The minimum atomic E-state index is -2.94. The molecular weight excluding hydrogens is 354 g/mol. The molecule has 0 heterocycles. The van der Waals surface area contributed by atoms with Gasteiger partial charge in [0.2, 0.25) is 6.10 Å². The number of halogens is 2. The highest BCUT2D eigenvalue weighted by Gasteiger charge is 2.16. The monoisotopic (exact) mass is 376 g/mol. The largest absolute Gasteiger partial charge is 0.434 e. The van der Waals surface area contributed by atoms with Gasteiger partial charge in [-0.3, -0.25) is 4.79 Å². The van der Waals surface area contributed by atoms with Crippen molar-refractivity contribution < 1.29 is 23.1 Å². The van der Waals surface area contributed by atoms with Crippen molar-refractivity contribution in [2.45, 2.75) is 40.4 Å². The number of benzene rings is 2. The van der Waals surface area contributed by atoms with Gasteiger partial charge in [0.1, 0.15) is 5.75 Å². The smallest absolute Gasteiger partial charge is 0.387 e. The third-order valence-corrected chi connectivity index (χ3v) is 3.84. The lowest BCUT2D eigenvalue weighted by Gasteiger charge is -2.15. The van der Waals surface area contributed by atoms with Crippen molar-refractivity contribution in [1.29, 1.82) is 0 Å². The molecule has 0 saturated heterocycles. The zero-order valence-corrected chi connectivity index (χ0v) is 15.6. The van der Waals surface area contributed by atoms with Gasteiger partial charge < -0.3 is 14.9 Å². The van der Waals surface area contributed by atoms with E-state index < -0.39 is 12.7 Å². The van der Waals surface area contributed by atoms with Crippen LogP contribution in [0.5, 0.6) is 5.75 Å². The molecule has 7 heteroatoms. The number of alkyl halides is 2. The Kier molecular flexibility index (Phi) is 6.87. The SMILES string of the molecule is Cc1cc(C)c(NC(=O)C(C)O/N=C/c2ccccc2OC(F)F)c(C)c1. The number of amides is 1. The van der Waals surface area contributed by atoms with Crippen LogP contribution in [0.2, 0.25) is 0 Å². The van der Waals surface area contributed by atoms with Gasteiger partial charge in [0.15, 0.2) is 0 Å². The second-order valence-corrected chi connectivity index (χ2v) is 6.16. The molecule has 0 aliphatic heterocycles. The summed E-state index contributed by atoms with van der Waals surface area (Å²) < 4.78 is 29.2. The number of aryl methyl sites for hydroxylation is 3. The standard InChI is InChI=1S/C20H22F2N2O3/c1-12-9-13(2)18(14(3)10-12)24-19(25)15(4)27-23-11-16-7-5-6-8-17(16)26-20(21)22/h5-11,15,20H,1-4H3,(H,24,25)/b23-11+. The van der Waals surface area contributed by atoms with Crippen LogP contribution in [0.3, 0.4) is 0 Å². The van der Waals surface area contributed by atoms with Crippen molar-refractivity contribution in [3.63, 3.8) is 0 Å². The van der Waals surface area contributed by atoms with Gasteiger partial charge in [-0.25, -0.2) is 0 Å². The number of anilines is 1. The molecule has 1 amide bonds. The van der Waals surface area contributed by atoms with Crippen LogP contribution in [-0.2, 0) is 9.63 Å². The Morgan fingerprint density at radius 2 is 1.78 bits per heavy atom. The molecule has 27 heavy (non-hydrogen) atoms. The molecule has 0 bridgehead atoms. The first-order valence-corrected chi connectivity index (χ1v) is 8.39. The van der Waals surface area contributed by atoms with Crippen LogP contribution >= 0.6 is 0 Å². The van der Waals surface area contributed by atoms with E-state index in [0.717, 1.165) is 22.4 Å². The number of hydrogen-bond acceptors (Lipinski definition) is 4. The van der Waals surface area contributed by atoms with Crippen LogP contribution in [0.25, 0.3) is 0 Å². The van der Waals surface area contributed by atoms with Gasteiger partial charge in [-0.2, -0.15) is 8.78 Å². The van der Waals surface area contributed by atoms with Crippen molar-refractivity contribution in [3.05, 3.63) is 58.7 Å². The van der Waals surface area contributed by atoms with E-state index in [1.165, 1.54) is 12.3 Å². The van der Waals surface area contributed by atoms with E-state index in [2.05, 4.69) is 15.2 Å². The Labute approximate surface area is 157 Å². The van der Waals surface area contributed by atoms with Gasteiger partial charge in [-0.1, -0.05) is 35.0 Å². The maximum atomic E-state index is 12.4. The Morgan fingerprint density at radius 1 is 1.15 bits per heavy atom. The summed E-state index contributed by atoms with van der Waals surface area (Å²) in [7, 11) is 0. The number of carbonyl (C=O) groups excluding carboxylic acids is 1. The predicted octanol–water partition coefficient (Wildman–Crippen LogP) is 4.59. The summed E-state index contributed by atoms with van der Waals surface area (Å²) in [6, 6.07) is 10.1. The van der Waals surface area contributed by atoms with Crippen molar-refractivity contribution >= 4 is 17.8 Å². The molecule has 2 aromatic rings. The lowest BCUT2D eigenvalue weighted by Crippen LogP contribution is -2.27. The van der Waals surface area contributed by atoms with Crippen LogP contribution in [-0.4, -0.2) is 24.8 Å². The topological polar surface area (TPSA) is 59.9 Å². The fourth-order valence-electron chi connectivity index (χ4n) is 2.62. The molecule has 2 rings (SSSR count). The quantitative estimate of drug-likeness (QED) is 0.568. The number of para-hydroxylation sites is 1. The Balaban J connectivity index is 2.01. The first kappa shape index (κ1) is 20.4. The fourth-order valence-corrected chi connectivity index (χ4v) is 2.62. The minimum absolute atomic E-state index is 0.0251. The molecule has 0 radical (unpaired) electrons. The van der Waals surface area contributed by atoms with E-state index in [1.54, 1.807) is 25.1 Å². The number of carbonyl (C=O) groups is 1. The van der Waals surface area contributed by atoms with E-state index in [9.17, 15) is 13.6 Å². The first-order valence-electron chi connectivity index (χ1n) is 8.39. The van der Waals surface area contributed by atoms with Crippen molar-refractivity contribution in [1.82, 2.24) is 0 Å². The lowest BCUT2D eigenvalue weighted by atomic mass is 10.0. The maximum Gasteiger partial charge on any atom is 0.387 e. The van der Waals surface area contributed by atoms with E-state index in [0.29, 0.717) is 5.56 Å². The summed E-state index contributed by atoms with van der Waals surface area (Å²) in [5.74, 6) is -0.387. The summed E-state index contributed by atoms with van der Waals surface area (Å²) in [5.41, 5.74) is 4.07. The van der Waals surface area contributed by atoms with Crippen molar-refractivity contribution in [2.24, 2.45) is 5.16 Å². The number of nitrogens with zero attached hydrogens (tertiary/aromatic N) is 1. The molecule has 0 saturated carbocycles. The van der Waals surface area contributed by atoms with Crippen LogP contribution in [0.1, 0.15) is 29.2 Å². The minimum Gasteiger partial charge on any atom is -0.434 e. The zero-order chi connectivity index (χ0) is 20.0. The molecule has 0 aliphatic carbocycles. The Morgan fingerprint density at radius 3 is 2.41 bits per heavy atom. The second-order valence-electron chi connectivity index (χ2n) is 6.16. The highest BCUT2D eigenvalue weighted by atomic mass is 19.3. The summed E-state index contributed by atoms with van der Waals surface area (Å²) in [5, 5.41) is 6.55. The third kappa shape index (κ3) is 5.77. The predicted molar refractivity (Wildman–Crippen MR) is 100 cm³/mol. The lowest BCUT2D eigenvalue weighted by molar-refractivity contribution is -0.126. The van der Waals surface area contributed by atoms with Gasteiger partial charge in [-0.05, 0) is 51.0 Å². The van der Waals surface area contributed by atoms with Gasteiger partial charge in [-0.15, -0.1) is 0 Å². The van der Waals surface area contributed by atoms with E-state index in [1.807, 2.05) is 32.9 Å². The number of hydrogen-bond donors (Lipinski definition) is 1. The molecule has 2 aromatic carbocycles. The molecule has 5 nitrogen and oxygen atoms in total. The van der Waals surface area contributed by atoms with Gasteiger partial charge in [0.05, 0.1) is 6.21 Å². The van der Waals surface area contributed by atoms with E-state index in [-0.39, 0.29) is 11.7 Å². The summed E-state index contributed by atoms with van der Waals surface area (Å²) in [6.07, 6.45) is 0.355. The fraction of sp³-hybridized carbons (Fsp3) is 0.300. The highest BCUT2D eigenvalue weighted by Crippen LogP contribution is 2.22. The molecule has 0 aliphatic rings. The Bertz CT molecular complexity index is 815. The van der Waals surface area contributed by atoms with Crippen LogP contribution in [0.4, 0.5) is 14.5 Å².